The van der Waals surface area contributed by atoms with Crippen LogP contribution in [0.3, 0.4) is 0 Å². The number of hydrogen-bond donors (Lipinski definition) is 0. The molecule has 0 bridgehead atoms. The molecular weight excluding hydrogens is 442 g/mol. The number of nitrogens with zero attached hydrogens (tertiary/aromatic N) is 2. The van der Waals surface area contributed by atoms with Gasteiger partial charge in [-0.05, 0) is 18.2 Å². The minimum absolute atomic E-state index is 0.0311. The maximum atomic E-state index is 12.7. The van der Waals surface area contributed by atoms with Crippen LogP contribution < -0.4 is 0 Å². The van der Waals surface area contributed by atoms with Crippen LogP contribution in [0.2, 0.25) is 20.5 Å². The number of aromatic nitrogens is 2. The standard InChI is InChI=1S/C6H2Cl3F2N.C6H3Cl3FN/c7-3-1-2(6(10)11)4(8)12-5(3)9;7-5-2-1-4(3-11-5)6(8,9)10/h1,6H;1-3H. The summed E-state index contributed by atoms with van der Waals surface area (Å²) < 4.78 is 34.5. The summed E-state index contributed by atoms with van der Waals surface area (Å²) in [7, 11) is 0. The Morgan fingerprint density at radius 3 is 2.04 bits per heavy atom. The lowest BCUT2D eigenvalue weighted by Crippen LogP contribution is -2.01. The SMILES string of the molecule is FC(Cl)(Cl)c1ccc(Cl)nc1.FC(F)c1cc(Cl)c(Cl)nc1Cl. The molecule has 2 heterocycles. The Hall–Kier alpha value is -0.170. The summed E-state index contributed by atoms with van der Waals surface area (Å²) >= 11 is 31.9. The highest BCUT2D eigenvalue weighted by atomic mass is 35.5. The molecule has 0 radical (unpaired) electrons. The summed E-state index contributed by atoms with van der Waals surface area (Å²) in [6.07, 6.45) is -1.51. The van der Waals surface area contributed by atoms with Crippen molar-refractivity contribution in [2.75, 3.05) is 0 Å². The van der Waals surface area contributed by atoms with Gasteiger partial charge in [0.15, 0.2) is 0 Å². The molecule has 0 fully saturated rings. The Labute approximate surface area is 159 Å². The van der Waals surface area contributed by atoms with E-state index in [-0.39, 0.29) is 26.0 Å². The van der Waals surface area contributed by atoms with Crippen molar-refractivity contribution in [2.24, 2.45) is 0 Å². The molecule has 0 aliphatic rings. The van der Waals surface area contributed by atoms with Gasteiger partial charge < -0.3 is 0 Å². The molecule has 0 aliphatic carbocycles. The van der Waals surface area contributed by atoms with Crippen molar-refractivity contribution in [3.63, 3.8) is 0 Å². The van der Waals surface area contributed by atoms with E-state index in [1.807, 2.05) is 0 Å². The second-order valence-electron chi connectivity index (χ2n) is 3.81. The summed E-state index contributed by atoms with van der Waals surface area (Å²) in [5, 5.41) is -0.159. The summed E-state index contributed by atoms with van der Waals surface area (Å²) in [6.45, 7) is 0. The zero-order chi connectivity index (χ0) is 17.8. The van der Waals surface area contributed by atoms with Gasteiger partial charge in [0.25, 0.3) is 11.0 Å². The normalized spacial score (nSPS) is 11.2. The Bertz CT molecular complexity index is 661. The van der Waals surface area contributed by atoms with Crippen LogP contribution in [0.5, 0.6) is 0 Å². The maximum Gasteiger partial charge on any atom is 0.284 e. The lowest BCUT2D eigenvalue weighted by Gasteiger charge is -2.07. The highest BCUT2D eigenvalue weighted by Crippen LogP contribution is 2.34. The van der Waals surface area contributed by atoms with Gasteiger partial charge in [0.2, 0.25) is 0 Å². The summed E-state index contributed by atoms with van der Waals surface area (Å²) in [6, 6.07) is 3.79. The van der Waals surface area contributed by atoms with Gasteiger partial charge in [-0.1, -0.05) is 69.6 Å². The fraction of sp³-hybridized carbons (Fsp3) is 0.167. The molecule has 0 N–H and O–H groups in total. The molecule has 0 aliphatic heterocycles. The van der Waals surface area contributed by atoms with Gasteiger partial charge in [-0.2, -0.15) is 0 Å². The smallest absolute Gasteiger partial charge is 0.244 e. The first-order valence-electron chi connectivity index (χ1n) is 5.50. The number of pyridine rings is 2. The van der Waals surface area contributed by atoms with Crippen molar-refractivity contribution >= 4 is 69.6 Å². The van der Waals surface area contributed by atoms with Gasteiger partial charge in [0.1, 0.15) is 15.5 Å². The lowest BCUT2D eigenvalue weighted by atomic mass is 10.3. The minimum Gasteiger partial charge on any atom is -0.244 e. The Morgan fingerprint density at radius 1 is 1.00 bits per heavy atom. The second-order valence-corrected chi connectivity index (χ2v) is 6.55. The highest BCUT2D eigenvalue weighted by Gasteiger charge is 2.25. The van der Waals surface area contributed by atoms with Crippen LogP contribution in [0.25, 0.3) is 0 Å². The zero-order valence-corrected chi connectivity index (χ0v) is 15.2. The quantitative estimate of drug-likeness (QED) is 0.358. The van der Waals surface area contributed by atoms with Crippen LogP contribution in [-0.2, 0) is 4.59 Å². The van der Waals surface area contributed by atoms with E-state index in [9.17, 15) is 13.2 Å². The fourth-order valence-corrected chi connectivity index (χ4v) is 2.06. The van der Waals surface area contributed by atoms with E-state index in [2.05, 4.69) is 9.97 Å². The van der Waals surface area contributed by atoms with Gasteiger partial charge >= 0.3 is 0 Å². The third-order valence-corrected chi connectivity index (χ3v) is 3.84. The number of alkyl halides is 5. The first kappa shape index (κ1) is 20.9. The fourth-order valence-electron chi connectivity index (χ4n) is 1.16. The first-order chi connectivity index (χ1) is 10.5. The largest absolute Gasteiger partial charge is 0.284 e. The molecule has 0 unspecified atom stereocenters. The van der Waals surface area contributed by atoms with Crippen LogP contribution in [0.4, 0.5) is 13.2 Å². The maximum absolute atomic E-state index is 12.7. The molecule has 11 heteroatoms. The van der Waals surface area contributed by atoms with Crippen LogP contribution in [0.1, 0.15) is 17.6 Å². The third-order valence-electron chi connectivity index (χ3n) is 2.20. The van der Waals surface area contributed by atoms with Crippen LogP contribution in [0, 0.1) is 0 Å². The van der Waals surface area contributed by atoms with Crippen molar-refractivity contribution in [1.82, 2.24) is 9.97 Å². The molecule has 0 aromatic carbocycles. The Morgan fingerprint density at radius 2 is 1.61 bits per heavy atom. The van der Waals surface area contributed by atoms with Crippen LogP contribution in [0.15, 0.2) is 24.4 Å². The summed E-state index contributed by atoms with van der Waals surface area (Å²) in [5.74, 6) is 0. The average molecular weight is 447 g/mol. The van der Waals surface area contributed by atoms with E-state index in [4.69, 9.17) is 69.6 Å². The molecule has 2 aromatic rings. The van der Waals surface area contributed by atoms with Crippen LogP contribution in [-0.4, -0.2) is 9.97 Å². The van der Waals surface area contributed by atoms with E-state index >= 15 is 0 Å². The van der Waals surface area contributed by atoms with Crippen molar-refractivity contribution in [2.45, 2.75) is 11.0 Å². The van der Waals surface area contributed by atoms with E-state index in [0.29, 0.717) is 0 Å². The lowest BCUT2D eigenvalue weighted by molar-refractivity contribution is 0.151. The monoisotopic (exact) mass is 444 g/mol. The summed E-state index contributed by atoms with van der Waals surface area (Å²) in [5.41, 5.74) is -0.337. The third kappa shape index (κ3) is 6.69. The van der Waals surface area contributed by atoms with Crippen molar-refractivity contribution in [3.8, 4) is 0 Å². The topological polar surface area (TPSA) is 25.8 Å². The van der Waals surface area contributed by atoms with Crippen molar-refractivity contribution < 1.29 is 13.2 Å². The molecule has 0 saturated heterocycles. The molecular formula is C12H5Cl6F3N2. The summed E-state index contributed by atoms with van der Waals surface area (Å²) in [4.78, 5) is 7.02. The second kappa shape index (κ2) is 8.79. The van der Waals surface area contributed by atoms with Crippen molar-refractivity contribution in [3.05, 3.63) is 56.0 Å². The van der Waals surface area contributed by atoms with Crippen LogP contribution >= 0.6 is 69.6 Å². The van der Waals surface area contributed by atoms with Gasteiger partial charge in [-0.25, -0.2) is 23.1 Å². The first-order valence-corrected chi connectivity index (χ1v) is 7.77. The predicted octanol–water partition coefficient (Wildman–Crippen LogP) is 7.27. The van der Waals surface area contributed by atoms with Crippen molar-refractivity contribution in [1.29, 1.82) is 0 Å². The van der Waals surface area contributed by atoms with E-state index in [1.54, 1.807) is 0 Å². The number of hydrogen-bond acceptors (Lipinski definition) is 2. The van der Waals surface area contributed by atoms with E-state index in [0.717, 1.165) is 6.07 Å². The van der Waals surface area contributed by atoms with E-state index in [1.165, 1.54) is 18.3 Å². The van der Waals surface area contributed by atoms with Gasteiger partial charge in [0, 0.05) is 11.8 Å². The Kier molecular flexibility index (Phi) is 7.98. The Balaban J connectivity index is 0.000000231. The molecule has 126 valence electrons. The van der Waals surface area contributed by atoms with Gasteiger partial charge in [-0.15, -0.1) is 0 Å². The molecule has 2 rings (SSSR count). The van der Waals surface area contributed by atoms with E-state index < -0.39 is 16.6 Å². The van der Waals surface area contributed by atoms with Gasteiger partial charge in [0.05, 0.1) is 10.6 Å². The molecule has 2 aromatic heterocycles. The van der Waals surface area contributed by atoms with Gasteiger partial charge in [-0.3, -0.25) is 0 Å². The predicted molar refractivity (Wildman–Crippen MR) is 88.0 cm³/mol. The highest BCUT2D eigenvalue weighted by molar-refractivity contribution is 6.46. The zero-order valence-electron chi connectivity index (χ0n) is 10.7. The minimum atomic E-state index is -2.69. The molecule has 0 amide bonds. The molecule has 0 spiro atoms. The number of rotatable bonds is 2. The number of halogens is 9. The molecule has 0 atom stereocenters. The molecule has 23 heavy (non-hydrogen) atoms. The average Bonchev–Trinajstić information content (AvgIpc) is 2.42. The molecule has 0 saturated carbocycles. The molecule has 2 nitrogen and oxygen atoms in total.